The molecule has 0 aliphatic carbocycles. The number of nitrogens with one attached hydrogen (secondary N) is 1. The normalized spacial score (nSPS) is 12.0. The van der Waals surface area contributed by atoms with Crippen LogP contribution in [0, 0.1) is 10.1 Å². The second kappa shape index (κ2) is 6.31. The highest BCUT2D eigenvalue weighted by Crippen LogP contribution is 2.22. The first-order chi connectivity index (χ1) is 10.6. The minimum atomic E-state index is -4.71. The third-order valence-corrected chi connectivity index (χ3v) is 6.56. The SMILES string of the molecule is O=[N+]([O-])c1ncccc1S(=O)(=O)NS(=O)(=O)c1cccc(Br)c1. The number of benzene rings is 1. The molecule has 0 fully saturated rings. The van der Waals surface area contributed by atoms with Crippen LogP contribution in [0.3, 0.4) is 0 Å². The third-order valence-electron chi connectivity index (χ3n) is 2.54. The molecule has 0 aliphatic heterocycles. The summed E-state index contributed by atoms with van der Waals surface area (Å²) in [5.41, 5.74) is 0. The van der Waals surface area contributed by atoms with Gasteiger partial charge in [-0.2, -0.15) is 0 Å². The van der Waals surface area contributed by atoms with Crippen molar-refractivity contribution in [2.24, 2.45) is 0 Å². The molecule has 0 bridgehead atoms. The lowest BCUT2D eigenvalue weighted by Gasteiger charge is -2.08. The number of rotatable bonds is 5. The second-order valence-corrected chi connectivity index (χ2v) is 8.64. The summed E-state index contributed by atoms with van der Waals surface area (Å²) in [6.07, 6.45) is 1.03. The summed E-state index contributed by atoms with van der Waals surface area (Å²) in [5, 5.41) is 10.8. The van der Waals surface area contributed by atoms with E-state index in [9.17, 15) is 26.9 Å². The van der Waals surface area contributed by atoms with Gasteiger partial charge in [0.1, 0.15) is 6.20 Å². The summed E-state index contributed by atoms with van der Waals surface area (Å²) in [5.74, 6) is -0.968. The zero-order valence-electron chi connectivity index (χ0n) is 11.1. The molecule has 2 aromatic rings. The Morgan fingerprint density at radius 2 is 1.78 bits per heavy atom. The Hall–Kier alpha value is -1.89. The van der Waals surface area contributed by atoms with Crippen LogP contribution in [0.5, 0.6) is 0 Å². The van der Waals surface area contributed by atoms with Crippen molar-refractivity contribution in [2.45, 2.75) is 9.79 Å². The molecular weight excluding hydrogens is 414 g/mol. The fourth-order valence-corrected chi connectivity index (χ4v) is 5.22. The van der Waals surface area contributed by atoms with Crippen LogP contribution >= 0.6 is 15.9 Å². The average molecular weight is 422 g/mol. The lowest BCUT2D eigenvalue weighted by atomic mass is 10.4. The van der Waals surface area contributed by atoms with Gasteiger partial charge in [0.15, 0.2) is 4.90 Å². The number of halogens is 1. The van der Waals surface area contributed by atoms with Crippen LogP contribution in [0.4, 0.5) is 5.82 Å². The van der Waals surface area contributed by atoms with Gasteiger partial charge in [0.2, 0.25) is 0 Å². The Kier molecular flexibility index (Phi) is 4.79. The fourth-order valence-electron chi connectivity index (χ4n) is 1.60. The number of pyridine rings is 1. The van der Waals surface area contributed by atoms with Gasteiger partial charge in [0.05, 0.1) is 4.90 Å². The smallest absolute Gasteiger partial charge is 0.358 e. The summed E-state index contributed by atoms with van der Waals surface area (Å²) in [4.78, 5) is 12.0. The average Bonchev–Trinajstić information content (AvgIpc) is 2.46. The van der Waals surface area contributed by atoms with E-state index in [0.29, 0.717) is 4.47 Å². The Morgan fingerprint density at radius 3 is 2.39 bits per heavy atom. The van der Waals surface area contributed by atoms with Crippen molar-refractivity contribution in [3.05, 3.63) is 57.2 Å². The fraction of sp³-hybridized carbons (Fsp3) is 0. The quantitative estimate of drug-likeness (QED) is 0.568. The van der Waals surface area contributed by atoms with Crippen LogP contribution < -0.4 is 4.13 Å². The van der Waals surface area contributed by atoms with Crippen molar-refractivity contribution in [1.29, 1.82) is 0 Å². The summed E-state index contributed by atoms with van der Waals surface area (Å²) in [6, 6.07) is 7.37. The molecule has 12 heteroatoms. The van der Waals surface area contributed by atoms with Gasteiger partial charge in [0, 0.05) is 4.47 Å². The van der Waals surface area contributed by atoms with Gasteiger partial charge in [0.25, 0.3) is 20.0 Å². The Balaban J connectivity index is 2.49. The number of nitrogens with zero attached hydrogens (tertiary/aromatic N) is 2. The van der Waals surface area contributed by atoms with Crippen LogP contribution in [-0.4, -0.2) is 26.7 Å². The first-order valence-electron chi connectivity index (χ1n) is 5.77. The van der Waals surface area contributed by atoms with E-state index in [0.717, 1.165) is 18.3 Å². The van der Waals surface area contributed by atoms with Crippen LogP contribution in [0.25, 0.3) is 0 Å². The molecule has 0 atom stereocenters. The van der Waals surface area contributed by atoms with Crippen molar-refractivity contribution < 1.29 is 21.8 Å². The molecule has 0 saturated carbocycles. The molecule has 23 heavy (non-hydrogen) atoms. The van der Waals surface area contributed by atoms with Crippen molar-refractivity contribution >= 4 is 41.8 Å². The zero-order chi connectivity index (χ0) is 17.3. The minimum Gasteiger partial charge on any atom is -0.358 e. The van der Waals surface area contributed by atoms with E-state index in [1.54, 1.807) is 6.07 Å². The number of hydrogen-bond donors (Lipinski definition) is 1. The molecule has 1 aromatic heterocycles. The van der Waals surface area contributed by atoms with E-state index in [2.05, 4.69) is 20.9 Å². The van der Waals surface area contributed by atoms with Crippen molar-refractivity contribution in [2.75, 3.05) is 0 Å². The van der Waals surface area contributed by atoms with E-state index in [1.165, 1.54) is 22.3 Å². The maximum Gasteiger partial charge on any atom is 0.383 e. The highest BCUT2D eigenvalue weighted by atomic mass is 79.9. The number of aromatic nitrogens is 1. The molecule has 1 N–H and O–H groups in total. The van der Waals surface area contributed by atoms with Gasteiger partial charge in [-0.3, -0.25) is 0 Å². The maximum atomic E-state index is 12.2. The molecule has 0 aliphatic rings. The molecule has 0 amide bonds. The zero-order valence-corrected chi connectivity index (χ0v) is 14.3. The first kappa shape index (κ1) is 17.5. The van der Waals surface area contributed by atoms with Crippen LogP contribution in [-0.2, 0) is 20.0 Å². The molecule has 0 saturated heterocycles. The van der Waals surface area contributed by atoms with Gasteiger partial charge in [-0.1, -0.05) is 22.0 Å². The van der Waals surface area contributed by atoms with E-state index >= 15 is 0 Å². The highest BCUT2D eigenvalue weighted by Gasteiger charge is 2.31. The summed E-state index contributed by atoms with van der Waals surface area (Å²) in [7, 11) is -9.16. The van der Waals surface area contributed by atoms with Crippen molar-refractivity contribution in [3.8, 4) is 0 Å². The third kappa shape index (κ3) is 3.90. The molecule has 0 radical (unpaired) electrons. The number of nitro groups is 1. The maximum absolute atomic E-state index is 12.2. The van der Waals surface area contributed by atoms with Crippen LogP contribution in [0.2, 0.25) is 0 Å². The number of sulfonamides is 2. The summed E-state index contributed by atoms with van der Waals surface area (Å²) < 4.78 is 50.6. The van der Waals surface area contributed by atoms with Gasteiger partial charge in [-0.25, -0.2) is 16.8 Å². The molecule has 9 nitrogen and oxygen atoms in total. The van der Waals surface area contributed by atoms with Crippen LogP contribution in [0.1, 0.15) is 0 Å². The van der Waals surface area contributed by atoms with Gasteiger partial charge >= 0.3 is 5.82 Å². The molecule has 0 spiro atoms. The lowest BCUT2D eigenvalue weighted by Crippen LogP contribution is -2.31. The van der Waals surface area contributed by atoms with Gasteiger partial charge < -0.3 is 10.1 Å². The van der Waals surface area contributed by atoms with E-state index in [-0.39, 0.29) is 4.90 Å². The first-order valence-corrected chi connectivity index (χ1v) is 9.53. The monoisotopic (exact) mass is 421 g/mol. The molecule has 1 aromatic carbocycles. The van der Waals surface area contributed by atoms with Crippen molar-refractivity contribution in [1.82, 2.24) is 9.11 Å². The summed E-state index contributed by atoms with van der Waals surface area (Å²) in [6.45, 7) is 0. The Labute approximate surface area is 139 Å². The predicted octanol–water partition coefficient (Wildman–Crippen LogP) is 1.42. The molecule has 0 unspecified atom stereocenters. The van der Waals surface area contributed by atoms with E-state index in [4.69, 9.17) is 0 Å². The Morgan fingerprint density at radius 1 is 1.09 bits per heavy atom. The largest absolute Gasteiger partial charge is 0.383 e. The lowest BCUT2D eigenvalue weighted by molar-refractivity contribution is -0.392. The minimum absolute atomic E-state index is 0.318. The molecule has 122 valence electrons. The molecule has 1 heterocycles. The van der Waals surface area contributed by atoms with Gasteiger partial charge in [-0.05, 0) is 40.2 Å². The highest BCUT2D eigenvalue weighted by molar-refractivity contribution is 9.10. The Bertz CT molecular complexity index is 975. The standard InChI is InChI=1S/C11H8BrN3O6S2/c12-8-3-1-4-9(7-8)22(18,19)14-23(20,21)10-5-2-6-13-11(10)15(16)17/h1-7,14H. The molecular formula is C11H8BrN3O6S2. The van der Waals surface area contributed by atoms with E-state index in [1.807, 2.05) is 0 Å². The van der Waals surface area contributed by atoms with Crippen molar-refractivity contribution in [3.63, 3.8) is 0 Å². The molecule has 2 rings (SSSR count). The summed E-state index contributed by atoms with van der Waals surface area (Å²) >= 11 is 3.07. The topological polar surface area (TPSA) is 136 Å². The predicted molar refractivity (Wildman–Crippen MR) is 82.5 cm³/mol. The second-order valence-electron chi connectivity index (χ2n) is 4.13. The van der Waals surface area contributed by atoms with Gasteiger partial charge in [-0.15, -0.1) is 4.13 Å². The number of hydrogen-bond acceptors (Lipinski definition) is 7. The van der Waals surface area contributed by atoms with E-state index < -0.39 is 35.7 Å². The van der Waals surface area contributed by atoms with Crippen LogP contribution in [0.15, 0.2) is 56.9 Å².